The summed E-state index contributed by atoms with van der Waals surface area (Å²) in [6.07, 6.45) is 1.78. The van der Waals surface area contributed by atoms with Gasteiger partial charge in [-0.25, -0.2) is 0 Å². The number of nitrogens with zero attached hydrogens (tertiary/aromatic N) is 1. The molecule has 0 fully saturated rings. The zero-order valence-electron chi connectivity index (χ0n) is 10.5. The maximum atomic E-state index is 6.08. The highest BCUT2D eigenvalue weighted by atomic mass is 35.5. The van der Waals surface area contributed by atoms with Crippen LogP contribution in [0.4, 0.5) is 0 Å². The number of para-hydroxylation sites is 1. The van der Waals surface area contributed by atoms with Gasteiger partial charge in [-0.15, -0.1) is 0 Å². The van der Waals surface area contributed by atoms with Crippen molar-refractivity contribution in [2.75, 3.05) is 0 Å². The Balaban J connectivity index is 1.89. The fourth-order valence-electron chi connectivity index (χ4n) is 2.03. The van der Waals surface area contributed by atoms with E-state index in [1.165, 1.54) is 0 Å². The van der Waals surface area contributed by atoms with Crippen LogP contribution in [0.1, 0.15) is 5.56 Å². The number of hydrogen-bond acceptors (Lipinski definition) is 2. The second-order valence-electron chi connectivity index (χ2n) is 4.36. The molecule has 1 heterocycles. The van der Waals surface area contributed by atoms with Crippen LogP contribution in [0.25, 0.3) is 10.9 Å². The van der Waals surface area contributed by atoms with E-state index in [9.17, 15) is 0 Å². The van der Waals surface area contributed by atoms with Crippen LogP contribution >= 0.6 is 23.2 Å². The molecule has 3 aromatic rings. The van der Waals surface area contributed by atoms with Gasteiger partial charge < -0.3 is 4.74 Å². The van der Waals surface area contributed by atoms with Gasteiger partial charge in [-0.05, 0) is 18.2 Å². The molecule has 3 rings (SSSR count). The Bertz CT molecular complexity index is 753. The van der Waals surface area contributed by atoms with Crippen LogP contribution < -0.4 is 4.74 Å². The van der Waals surface area contributed by atoms with E-state index >= 15 is 0 Å². The van der Waals surface area contributed by atoms with Gasteiger partial charge in [-0.2, -0.15) is 0 Å². The molecule has 1 aromatic heterocycles. The highest BCUT2D eigenvalue weighted by Gasteiger charge is 2.06. The van der Waals surface area contributed by atoms with Crippen LogP contribution in [0.5, 0.6) is 5.75 Å². The highest BCUT2D eigenvalue weighted by molar-refractivity contribution is 6.34. The van der Waals surface area contributed by atoms with Gasteiger partial charge in [0.15, 0.2) is 0 Å². The number of ether oxygens (including phenoxy) is 1. The number of benzene rings is 2. The predicted molar refractivity (Wildman–Crippen MR) is 82.5 cm³/mol. The SMILES string of the molecule is Clc1ccc(Cl)c(OCc2cccc3cccnc23)c1. The number of fused-ring (bicyclic) bond motifs is 1. The van der Waals surface area contributed by atoms with Gasteiger partial charge in [-0.3, -0.25) is 4.98 Å². The third-order valence-corrected chi connectivity index (χ3v) is 3.54. The summed E-state index contributed by atoms with van der Waals surface area (Å²) in [4.78, 5) is 4.39. The molecule has 0 bridgehead atoms. The lowest BCUT2D eigenvalue weighted by Crippen LogP contribution is -1.98. The second-order valence-corrected chi connectivity index (χ2v) is 5.20. The molecule has 100 valence electrons. The second kappa shape index (κ2) is 5.70. The minimum absolute atomic E-state index is 0.397. The third-order valence-electron chi connectivity index (χ3n) is 2.99. The topological polar surface area (TPSA) is 22.1 Å². The molecule has 20 heavy (non-hydrogen) atoms. The zero-order chi connectivity index (χ0) is 13.9. The third kappa shape index (κ3) is 2.72. The molecule has 0 amide bonds. The fourth-order valence-corrected chi connectivity index (χ4v) is 2.36. The smallest absolute Gasteiger partial charge is 0.139 e. The van der Waals surface area contributed by atoms with Crippen molar-refractivity contribution < 1.29 is 4.74 Å². The molecular weight excluding hydrogens is 293 g/mol. The summed E-state index contributed by atoms with van der Waals surface area (Å²) in [5, 5.41) is 2.23. The van der Waals surface area contributed by atoms with Gasteiger partial charge in [0.1, 0.15) is 12.4 Å². The van der Waals surface area contributed by atoms with Gasteiger partial charge in [0, 0.05) is 28.2 Å². The first-order chi connectivity index (χ1) is 9.74. The minimum Gasteiger partial charge on any atom is -0.487 e. The number of aromatic nitrogens is 1. The monoisotopic (exact) mass is 303 g/mol. The van der Waals surface area contributed by atoms with Crippen LogP contribution in [-0.4, -0.2) is 4.98 Å². The molecule has 0 radical (unpaired) electrons. The lowest BCUT2D eigenvalue weighted by molar-refractivity contribution is 0.307. The first-order valence-corrected chi connectivity index (χ1v) is 6.90. The van der Waals surface area contributed by atoms with E-state index < -0.39 is 0 Å². The van der Waals surface area contributed by atoms with E-state index in [1.54, 1.807) is 24.4 Å². The zero-order valence-corrected chi connectivity index (χ0v) is 12.0. The normalized spacial score (nSPS) is 10.7. The molecule has 0 aliphatic rings. The van der Waals surface area contributed by atoms with Crippen LogP contribution in [0.15, 0.2) is 54.7 Å². The van der Waals surface area contributed by atoms with Gasteiger partial charge in [-0.1, -0.05) is 47.5 Å². The molecule has 0 atom stereocenters. The molecular formula is C16H11Cl2NO. The van der Waals surface area contributed by atoms with Crippen LogP contribution in [0.3, 0.4) is 0 Å². The van der Waals surface area contributed by atoms with Crippen molar-refractivity contribution in [2.45, 2.75) is 6.61 Å². The van der Waals surface area contributed by atoms with Crippen molar-refractivity contribution in [2.24, 2.45) is 0 Å². The fraction of sp³-hybridized carbons (Fsp3) is 0.0625. The Morgan fingerprint density at radius 3 is 2.75 bits per heavy atom. The summed E-state index contributed by atoms with van der Waals surface area (Å²) in [6, 6.07) is 15.1. The minimum atomic E-state index is 0.397. The average molecular weight is 304 g/mol. The molecule has 0 saturated carbocycles. The van der Waals surface area contributed by atoms with Crippen molar-refractivity contribution in [3.63, 3.8) is 0 Å². The molecule has 2 nitrogen and oxygen atoms in total. The van der Waals surface area contributed by atoms with E-state index in [-0.39, 0.29) is 0 Å². The average Bonchev–Trinajstić information content (AvgIpc) is 2.48. The first-order valence-electron chi connectivity index (χ1n) is 6.14. The molecule has 0 aliphatic carbocycles. The van der Waals surface area contributed by atoms with Crippen molar-refractivity contribution in [1.82, 2.24) is 4.98 Å². The van der Waals surface area contributed by atoms with Gasteiger partial charge >= 0.3 is 0 Å². The first kappa shape index (κ1) is 13.2. The van der Waals surface area contributed by atoms with Crippen LogP contribution in [-0.2, 0) is 6.61 Å². The summed E-state index contributed by atoms with van der Waals surface area (Å²) >= 11 is 12.0. The van der Waals surface area contributed by atoms with E-state index in [4.69, 9.17) is 27.9 Å². The Morgan fingerprint density at radius 2 is 1.85 bits per heavy atom. The van der Waals surface area contributed by atoms with Crippen LogP contribution in [0, 0.1) is 0 Å². The summed E-state index contributed by atoms with van der Waals surface area (Å²) < 4.78 is 5.76. The van der Waals surface area contributed by atoms with Gasteiger partial charge in [0.05, 0.1) is 10.5 Å². The Labute approximate surface area is 126 Å². The summed E-state index contributed by atoms with van der Waals surface area (Å²) in [7, 11) is 0. The van der Waals surface area contributed by atoms with E-state index in [0.29, 0.717) is 22.4 Å². The number of rotatable bonds is 3. The lowest BCUT2D eigenvalue weighted by Gasteiger charge is -2.10. The summed E-state index contributed by atoms with van der Waals surface area (Å²) in [5.74, 6) is 0.576. The van der Waals surface area contributed by atoms with Crippen molar-refractivity contribution in [3.05, 3.63) is 70.3 Å². The number of pyridine rings is 1. The number of hydrogen-bond donors (Lipinski definition) is 0. The Hall–Kier alpha value is -1.77. The molecule has 4 heteroatoms. The van der Waals surface area contributed by atoms with Crippen LogP contribution in [0.2, 0.25) is 10.0 Å². The number of halogens is 2. The Kier molecular flexibility index (Phi) is 3.77. The summed E-state index contributed by atoms with van der Waals surface area (Å²) in [6.45, 7) is 0.397. The van der Waals surface area contributed by atoms with E-state index in [2.05, 4.69) is 4.98 Å². The quantitative estimate of drug-likeness (QED) is 0.670. The standard InChI is InChI=1S/C16H11Cl2NO/c17-13-6-7-14(18)15(9-13)20-10-12-4-1-3-11-5-2-8-19-16(11)12/h1-9H,10H2. The molecule has 0 N–H and O–H groups in total. The molecule has 0 saturated heterocycles. The van der Waals surface area contributed by atoms with Crippen molar-refractivity contribution in [1.29, 1.82) is 0 Å². The predicted octanol–water partition coefficient (Wildman–Crippen LogP) is 5.12. The van der Waals surface area contributed by atoms with Gasteiger partial charge in [0.25, 0.3) is 0 Å². The molecule has 2 aromatic carbocycles. The van der Waals surface area contributed by atoms with E-state index in [0.717, 1.165) is 16.5 Å². The Morgan fingerprint density at radius 1 is 1.00 bits per heavy atom. The molecule has 0 spiro atoms. The van der Waals surface area contributed by atoms with E-state index in [1.807, 2.05) is 30.3 Å². The maximum absolute atomic E-state index is 6.08. The molecule has 0 unspecified atom stereocenters. The van der Waals surface area contributed by atoms with Crippen molar-refractivity contribution >= 4 is 34.1 Å². The van der Waals surface area contributed by atoms with Crippen molar-refractivity contribution in [3.8, 4) is 5.75 Å². The summed E-state index contributed by atoms with van der Waals surface area (Å²) in [5.41, 5.74) is 1.95. The largest absolute Gasteiger partial charge is 0.487 e. The highest BCUT2D eigenvalue weighted by Crippen LogP contribution is 2.29. The maximum Gasteiger partial charge on any atom is 0.139 e. The lowest BCUT2D eigenvalue weighted by atomic mass is 10.1. The molecule has 0 aliphatic heterocycles. The van der Waals surface area contributed by atoms with Gasteiger partial charge in [0.2, 0.25) is 0 Å².